The van der Waals surface area contributed by atoms with Crippen LogP contribution in [0.5, 0.6) is 0 Å². The molecule has 0 atom stereocenters. The van der Waals surface area contributed by atoms with Crippen molar-refractivity contribution in [2.75, 3.05) is 6.61 Å². The van der Waals surface area contributed by atoms with Crippen molar-refractivity contribution in [3.63, 3.8) is 0 Å². The zero-order valence-corrected chi connectivity index (χ0v) is 12.6. The van der Waals surface area contributed by atoms with Crippen LogP contribution in [0, 0.1) is 5.92 Å². The molecule has 1 nitrogen and oxygen atoms in total. The molecule has 0 unspecified atom stereocenters. The normalized spacial score (nSPS) is 11.4. The first-order valence-electron chi connectivity index (χ1n) is 6.64. The predicted molar refractivity (Wildman–Crippen MR) is 86.6 cm³/mol. The third-order valence-electron chi connectivity index (χ3n) is 3.34. The van der Waals surface area contributed by atoms with Gasteiger partial charge in [0.15, 0.2) is 9.76 Å². The first-order chi connectivity index (χ1) is 9.35. The van der Waals surface area contributed by atoms with Gasteiger partial charge in [0, 0.05) is 6.61 Å². The predicted octanol–water partition coefficient (Wildman–Crippen LogP) is 2.94. The minimum Gasteiger partial charge on any atom is -0.419 e. The van der Waals surface area contributed by atoms with Crippen LogP contribution in [-0.4, -0.2) is 16.4 Å². The van der Waals surface area contributed by atoms with Crippen LogP contribution in [0.4, 0.5) is 0 Å². The highest BCUT2D eigenvalue weighted by Crippen LogP contribution is 2.10. The van der Waals surface area contributed by atoms with E-state index in [1.165, 1.54) is 16.0 Å². The lowest BCUT2D eigenvalue weighted by molar-refractivity contribution is 0.323. The summed E-state index contributed by atoms with van der Waals surface area (Å²) in [6.07, 6.45) is 4.83. The SMILES string of the molecule is C=CC(C=C)CCO[SiH2]c1cccc2ccccc12. The van der Waals surface area contributed by atoms with E-state index >= 15 is 0 Å². The van der Waals surface area contributed by atoms with E-state index in [1.54, 1.807) is 0 Å². The van der Waals surface area contributed by atoms with Crippen LogP contribution in [0.3, 0.4) is 0 Å². The van der Waals surface area contributed by atoms with E-state index in [2.05, 4.69) is 55.6 Å². The molecule has 0 aromatic heterocycles. The van der Waals surface area contributed by atoms with E-state index in [1.807, 2.05) is 12.2 Å². The quantitative estimate of drug-likeness (QED) is 0.426. The van der Waals surface area contributed by atoms with Crippen LogP contribution in [0.2, 0.25) is 0 Å². The molecular formula is C17H20OSi. The summed E-state index contributed by atoms with van der Waals surface area (Å²) in [5.74, 6) is 0.363. The second-order valence-corrected chi connectivity index (χ2v) is 6.07. The van der Waals surface area contributed by atoms with Gasteiger partial charge in [0.25, 0.3) is 0 Å². The minimum absolute atomic E-state index is 0.363. The first-order valence-corrected chi connectivity index (χ1v) is 7.93. The summed E-state index contributed by atoms with van der Waals surface area (Å²) < 4.78 is 5.91. The molecule has 0 saturated carbocycles. The van der Waals surface area contributed by atoms with Gasteiger partial charge in [0.2, 0.25) is 0 Å². The Morgan fingerprint density at radius 2 is 1.79 bits per heavy atom. The maximum Gasteiger partial charge on any atom is 0.192 e. The molecule has 0 heterocycles. The Kier molecular flexibility index (Phi) is 5.13. The van der Waals surface area contributed by atoms with Gasteiger partial charge in [-0.15, -0.1) is 13.2 Å². The molecule has 0 bridgehead atoms. The molecule has 2 rings (SSSR count). The maximum atomic E-state index is 5.91. The van der Waals surface area contributed by atoms with Crippen LogP contribution in [-0.2, 0) is 4.43 Å². The zero-order valence-electron chi connectivity index (χ0n) is 11.2. The summed E-state index contributed by atoms with van der Waals surface area (Å²) >= 11 is 0. The van der Waals surface area contributed by atoms with Gasteiger partial charge in [-0.2, -0.15) is 0 Å². The van der Waals surface area contributed by atoms with Gasteiger partial charge in [-0.25, -0.2) is 0 Å². The number of allylic oxidation sites excluding steroid dienone is 2. The third-order valence-corrected chi connectivity index (χ3v) is 4.76. The molecule has 0 N–H and O–H groups in total. The van der Waals surface area contributed by atoms with Crippen LogP contribution in [0.25, 0.3) is 10.8 Å². The Bertz CT molecular complexity index is 549. The molecular weight excluding hydrogens is 248 g/mol. The van der Waals surface area contributed by atoms with E-state index < -0.39 is 9.76 Å². The fraction of sp³-hybridized carbons (Fsp3) is 0.176. The van der Waals surface area contributed by atoms with Crippen molar-refractivity contribution in [2.45, 2.75) is 6.42 Å². The summed E-state index contributed by atoms with van der Waals surface area (Å²) in [6, 6.07) is 14.9. The Hall–Kier alpha value is -1.64. The van der Waals surface area contributed by atoms with Gasteiger partial charge in [-0.3, -0.25) is 0 Å². The number of fused-ring (bicyclic) bond motifs is 1. The van der Waals surface area contributed by atoms with Crippen LogP contribution in [0.15, 0.2) is 67.8 Å². The van der Waals surface area contributed by atoms with Gasteiger partial charge < -0.3 is 4.43 Å². The third kappa shape index (κ3) is 3.66. The average molecular weight is 268 g/mol. The number of benzene rings is 2. The van der Waals surface area contributed by atoms with E-state index in [-0.39, 0.29) is 0 Å². The molecule has 2 aromatic rings. The molecule has 19 heavy (non-hydrogen) atoms. The second kappa shape index (κ2) is 7.07. The molecule has 0 aliphatic heterocycles. The highest BCUT2D eigenvalue weighted by molar-refractivity contribution is 6.51. The summed E-state index contributed by atoms with van der Waals surface area (Å²) in [6.45, 7) is 8.38. The van der Waals surface area contributed by atoms with Crippen LogP contribution < -0.4 is 5.19 Å². The lowest BCUT2D eigenvalue weighted by Crippen LogP contribution is -2.19. The van der Waals surface area contributed by atoms with Gasteiger partial charge in [0.1, 0.15) is 0 Å². The Morgan fingerprint density at radius 1 is 1.05 bits per heavy atom. The highest BCUT2D eigenvalue weighted by Gasteiger charge is 2.02. The summed E-state index contributed by atoms with van der Waals surface area (Å²) in [7, 11) is -0.660. The smallest absolute Gasteiger partial charge is 0.192 e. The van der Waals surface area contributed by atoms with E-state index in [0.717, 1.165) is 13.0 Å². The molecule has 0 aliphatic carbocycles. The van der Waals surface area contributed by atoms with Crippen molar-refractivity contribution < 1.29 is 4.43 Å². The molecule has 0 aliphatic rings. The molecule has 0 fully saturated rings. The second-order valence-electron chi connectivity index (χ2n) is 4.61. The lowest BCUT2D eigenvalue weighted by atomic mass is 10.1. The largest absolute Gasteiger partial charge is 0.419 e. The topological polar surface area (TPSA) is 9.23 Å². The van der Waals surface area contributed by atoms with Crippen molar-refractivity contribution in [3.8, 4) is 0 Å². The van der Waals surface area contributed by atoms with Crippen LogP contribution >= 0.6 is 0 Å². The highest BCUT2D eigenvalue weighted by atomic mass is 28.2. The number of hydrogen-bond acceptors (Lipinski definition) is 1. The monoisotopic (exact) mass is 268 g/mol. The Labute approximate surface area is 117 Å². The van der Waals surface area contributed by atoms with E-state index in [0.29, 0.717) is 5.92 Å². The van der Waals surface area contributed by atoms with Crippen LogP contribution in [0.1, 0.15) is 6.42 Å². The molecule has 0 radical (unpaired) electrons. The molecule has 0 spiro atoms. The Morgan fingerprint density at radius 3 is 2.58 bits per heavy atom. The summed E-state index contributed by atoms with van der Waals surface area (Å²) in [5.41, 5.74) is 0. The summed E-state index contributed by atoms with van der Waals surface area (Å²) in [4.78, 5) is 0. The van der Waals surface area contributed by atoms with Crippen molar-refractivity contribution in [3.05, 3.63) is 67.8 Å². The fourth-order valence-electron chi connectivity index (χ4n) is 2.15. The molecule has 98 valence electrons. The first kappa shape index (κ1) is 13.8. The standard InChI is InChI=1S/C17H20OSi/c1-3-14(4-2)12-13-18-19-17-11-7-9-15-8-5-6-10-16(15)17/h3-11,14H,1-2,12-13,19H2. The zero-order chi connectivity index (χ0) is 13.5. The number of hydrogen-bond donors (Lipinski definition) is 0. The summed E-state index contributed by atoms with van der Waals surface area (Å²) in [5, 5.41) is 4.01. The van der Waals surface area contributed by atoms with Gasteiger partial charge in [-0.05, 0) is 28.3 Å². The van der Waals surface area contributed by atoms with Gasteiger partial charge >= 0.3 is 0 Å². The van der Waals surface area contributed by atoms with Crippen molar-refractivity contribution >= 4 is 25.7 Å². The van der Waals surface area contributed by atoms with E-state index in [4.69, 9.17) is 4.43 Å². The van der Waals surface area contributed by atoms with Gasteiger partial charge in [-0.1, -0.05) is 54.6 Å². The average Bonchev–Trinajstić information content (AvgIpc) is 2.47. The van der Waals surface area contributed by atoms with E-state index in [9.17, 15) is 0 Å². The number of rotatable bonds is 7. The molecule has 0 saturated heterocycles. The van der Waals surface area contributed by atoms with Crippen molar-refractivity contribution in [1.82, 2.24) is 0 Å². The maximum absolute atomic E-state index is 5.91. The molecule has 2 heteroatoms. The van der Waals surface area contributed by atoms with Gasteiger partial charge in [0.05, 0.1) is 0 Å². The molecule has 0 amide bonds. The fourth-order valence-corrected chi connectivity index (χ4v) is 3.39. The molecule has 2 aromatic carbocycles. The van der Waals surface area contributed by atoms with Crippen molar-refractivity contribution in [1.29, 1.82) is 0 Å². The van der Waals surface area contributed by atoms with Crippen molar-refractivity contribution in [2.24, 2.45) is 5.92 Å². The lowest BCUT2D eigenvalue weighted by Gasteiger charge is -2.09. The Balaban J connectivity index is 1.95. The minimum atomic E-state index is -0.660.